The summed E-state index contributed by atoms with van der Waals surface area (Å²) in [4.78, 5) is 8.31. The zero-order valence-corrected chi connectivity index (χ0v) is 24.3. The maximum Gasteiger partial charge on any atom is 0.192 e. The van der Waals surface area contributed by atoms with Gasteiger partial charge in [-0.15, -0.1) is 10.2 Å². The van der Waals surface area contributed by atoms with E-state index in [4.69, 9.17) is 35.3 Å². The molecule has 0 bridgehead atoms. The van der Waals surface area contributed by atoms with E-state index in [2.05, 4.69) is 20.2 Å². The number of nitrogens with zero attached hydrogens (tertiary/aromatic N) is 5. The van der Waals surface area contributed by atoms with Crippen molar-refractivity contribution in [1.82, 2.24) is 24.7 Å². The van der Waals surface area contributed by atoms with Gasteiger partial charge >= 0.3 is 0 Å². The van der Waals surface area contributed by atoms with Crippen molar-refractivity contribution in [1.29, 1.82) is 0 Å². The number of sulfone groups is 1. The Kier molecular flexibility index (Phi) is 8.29. The second-order valence-corrected chi connectivity index (χ2v) is 11.9. The van der Waals surface area contributed by atoms with Crippen molar-refractivity contribution in [3.8, 4) is 28.7 Å². The number of halogens is 1. The highest BCUT2D eigenvalue weighted by atomic mass is 35.5. The molecule has 0 unspecified atom stereocenters. The summed E-state index contributed by atoms with van der Waals surface area (Å²) in [5.41, 5.74) is 0.419. The van der Waals surface area contributed by atoms with Crippen LogP contribution >= 0.6 is 11.6 Å². The fraction of sp³-hybridized carbons (Fsp3) is 0.333. The topological polar surface area (TPSA) is 137 Å². The van der Waals surface area contributed by atoms with Crippen LogP contribution in [-0.2, 0) is 20.3 Å². The molecule has 5 rings (SSSR count). The summed E-state index contributed by atoms with van der Waals surface area (Å²) >= 11 is 5.91. The van der Waals surface area contributed by atoms with Gasteiger partial charge in [0, 0.05) is 19.5 Å². The molecule has 3 heterocycles. The summed E-state index contributed by atoms with van der Waals surface area (Å²) in [5.74, 6) is 2.06. The molecule has 0 saturated carbocycles. The molecule has 0 fully saturated rings. The minimum Gasteiger partial charge on any atom is -0.494 e. The Morgan fingerprint density at radius 2 is 1.66 bits per heavy atom. The summed E-state index contributed by atoms with van der Waals surface area (Å²) < 4.78 is 58.2. The Morgan fingerprint density at radius 1 is 1.00 bits per heavy atom. The summed E-state index contributed by atoms with van der Waals surface area (Å²) in [6, 6.07) is 12.5. The van der Waals surface area contributed by atoms with E-state index in [1.54, 1.807) is 34.9 Å². The summed E-state index contributed by atoms with van der Waals surface area (Å²) in [6.45, 7) is 1.65. The van der Waals surface area contributed by atoms with Gasteiger partial charge in [0.1, 0.15) is 35.7 Å². The molecule has 0 N–H and O–H groups in total. The first-order valence-corrected chi connectivity index (χ1v) is 14.6. The third-order valence-electron chi connectivity index (χ3n) is 6.65. The van der Waals surface area contributed by atoms with E-state index in [0.29, 0.717) is 39.5 Å². The van der Waals surface area contributed by atoms with Crippen LogP contribution in [0.4, 0.5) is 0 Å². The van der Waals surface area contributed by atoms with Gasteiger partial charge in [0.2, 0.25) is 0 Å². The lowest BCUT2D eigenvalue weighted by molar-refractivity contribution is 0.0836. The zero-order chi connectivity index (χ0) is 29.1. The zero-order valence-electron chi connectivity index (χ0n) is 22.7. The maximum atomic E-state index is 13.8. The molecule has 0 spiro atoms. The Balaban J connectivity index is 1.58. The van der Waals surface area contributed by atoms with E-state index in [1.165, 1.54) is 40.6 Å². The number of ether oxygens (including phenoxy) is 5. The molecule has 0 saturated heterocycles. The fourth-order valence-electron chi connectivity index (χ4n) is 4.55. The molecule has 0 aliphatic carbocycles. The SMILES string of the molecule is COc1cccc(OC)c1-n1c(CS(=O)(=O)[C@@H](C)[C@H](OC)c2ncc(Cl)cn2)nnc1[C@@H]1COc2ccccc2O1. The molecule has 3 atom stereocenters. The molecular weight excluding hydrogens is 574 g/mol. The van der Waals surface area contributed by atoms with Crippen LogP contribution in [0.2, 0.25) is 5.02 Å². The molecule has 1 aliphatic heterocycles. The number of hydrogen-bond donors (Lipinski definition) is 0. The lowest BCUT2D eigenvalue weighted by Crippen LogP contribution is -2.30. The molecule has 12 nitrogen and oxygen atoms in total. The van der Waals surface area contributed by atoms with Crippen molar-refractivity contribution in [2.75, 3.05) is 27.9 Å². The standard InChI is InChI=1S/C27H28ClN5O7S/c1-16(25(38-4)26-29-12-17(28)13-30-26)41(34,35)15-23-31-32-27(22-14-39-18-8-5-6-9-19(18)40-22)33(23)24-20(36-2)10-7-11-21(24)37-3/h5-13,16,22,25H,14-15H2,1-4H3/t16-,22-,25-/m0/s1. The average Bonchev–Trinajstić information content (AvgIpc) is 3.39. The van der Waals surface area contributed by atoms with Gasteiger partial charge in [0.25, 0.3) is 0 Å². The van der Waals surface area contributed by atoms with Crippen LogP contribution in [0.5, 0.6) is 23.0 Å². The first kappa shape index (κ1) is 28.6. The van der Waals surface area contributed by atoms with E-state index >= 15 is 0 Å². The van der Waals surface area contributed by atoms with Gasteiger partial charge < -0.3 is 23.7 Å². The Morgan fingerprint density at radius 3 is 2.29 bits per heavy atom. The molecule has 216 valence electrons. The van der Waals surface area contributed by atoms with Gasteiger partial charge in [0.05, 0.1) is 24.5 Å². The van der Waals surface area contributed by atoms with Gasteiger partial charge in [-0.3, -0.25) is 4.57 Å². The molecule has 41 heavy (non-hydrogen) atoms. The van der Waals surface area contributed by atoms with Gasteiger partial charge in [-0.1, -0.05) is 29.8 Å². The number of aromatic nitrogens is 5. The summed E-state index contributed by atoms with van der Waals surface area (Å²) in [7, 11) is 0.475. The van der Waals surface area contributed by atoms with Crippen molar-refractivity contribution in [3.63, 3.8) is 0 Å². The minimum absolute atomic E-state index is 0.115. The third kappa shape index (κ3) is 5.65. The lowest BCUT2D eigenvalue weighted by atomic mass is 10.2. The van der Waals surface area contributed by atoms with Crippen LogP contribution < -0.4 is 18.9 Å². The molecule has 2 aromatic heterocycles. The molecule has 1 aliphatic rings. The monoisotopic (exact) mass is 601 g/mol. The van der Waals surface area contributed by atoms with Crippen molar-refractivity contribution in [3.05, 3.63) is 77.4 Å². The highest BCUT2D eigenvalue weighted by molar-refractivity contribution is 7.91. The molecular formula is C27H28ClN5O7S. The molecule has 2 aromatic carbocycles. The third-order valence-corrected chi connectivity index (χ3v) is 8.88. The van der Waals surface area contributed by atoms with Crippen LogP contribution in [0.15, 0.2) is 54.9 Å². The van der Waals surface area contributed by atoms with Crippen molar-refractivity contribution in [2.24, 2.45) is 0 Å². The summed E-state index contributed by atoms with van der Waals surface area (Å²) in [6.07, 6.45) is 1.10. The number of methoxy groups -OCH3 is 3. The molecule has 4 aromatic rings. The van der Waals surface area contributed by atoms with Crippen molar-refractivity contribution in [2.45, 2.75) is 30.1 Å². The Bertz CT molecular complexity index is 1610. The largest absolute Gasteiger partial charge is 0.494 e. The van der Waals surface area contributed by atoms with Crippen LogP contribution in [0.3, 0.4) is 0 Å². The van der Waals surface area contributed by atoms with Crippen LogP contribution in [0.1, 0.15) is 36.6 Å². The normalized spacial score (nSPS) is 16.2. The van der Waals surface area contributed by atoms with Gasteiger partial charge in [-0.2, -0.15) is 0 Å². The highest BCUT2D eigenvalue weighted by Gasteiger charge is 2.37. The van der Waals surface area contributed by atoms with Gasteiger partial charge in [-0.25, -0.2) is 18.4 Å². The van der Waals surface area contributed by atoms with E-state index in [1.807, 2.05) is 12.1 Å². The molecule has 14 heteroatoms. The van der Waals surface area contributed by atoms with E-state index < -0.39 is 33.0 Å². The lowest BCUT2D eigenvalue weighted by Gasteiger charge is -2.27. The highest BCUT2D eigenvalue weighted by Crippen LogP contribution is 2.40. The number of rotatable bonds is 10. The second-order valence-electron chi connectivity index (χ2n) is 9.11. The minimum atomic E-state index is -3.93. The quantitative estimate of drug-likeness (QED) is 0.261. The summed E-state index contributed by atoms with van der Waals surface area (Å²) in [5, 5.41) is 7.96. The number of benzene rings is 2. The van der Waals surface area contributed by atoms with Crippen LogP contribution in [0, 0.1) is 0 Å². The second kappa shape index (κ2) is 11.9. The van der Waals surface area contributed by atoms with E-state index in [-0.39, 0.29) is 18.3 Å². The average molecular weight is 602 g/mol. The van der Waals surface area contributed by atoms with Gasteiger partial charge in [-0.05, 0) is 31.2 Å². The number of fused-ring (bicyclic) bond motifs is 1. The van der Waals surface area contributed by atoms with Crippen molar-refractivity contribution < 1.29 is 32.1 Å². The van der Waals surface area contributed by atoms with E-state index in [0.717, 1.165) is 0 Å². The van der Waals surface area contributed by atoms with Gasteiger partial charge in [0.15, 0.2) is 44.9 Å². The predicted octanol–water partition coefficient (Wildman–Crippen LogP) is 3.93. The van der Waals surface area contributed by atoms with Crippen LogP contribution in [-0.4, -0.2) is 66.3 Å². The maximum absolute atomic E-state index is 13.8. The smallest absolute Gasteiger partial charge is 0.192 e. The number of hydrogen-bond acceptors (Lipinski definition) is 11. The molecule has 0 amide bonds. The van der Waals surface area contributed by atoms with Crippen LogP contribution in [0.25, 0.3) is 5.69 Å². The predicted molar refractivity (Wildman–Crippen MR) is 149 cm³/mol. The van der Waals surface area contributed by atoms with E-state index in [9.17, 15) is 8.42 Å². The first-order chi connectivity index (χ1) is 19.8. The van der Waals surface area contributed by atoms with Crippen molar-refractivity contribution >= 4 is 21.4 Å². The molecule has 0 radical (unpaired) electrons. The number of para-hydroxylation sites is 3. The fourth-order valence-corrected chi connectivity index (χ4v) is 6.07. The first-order valence-electron chi connectivity index (χ1n) is 12.5. The Hall–Kier alpha value is -3.94. The Labute approximate surface area is 242 Å².